The minimum absolute atomic E-state index is 0.0115. The van der Waals surface area contributed by atoms with Crippen LogP contribution in [-0.4, -0.2) is 25.6 Å². The van der Waals surface area contributed by atoms with E-state index in [1.165, 1.54) is 31.4 Å². The first kappa shape index (κ1) is 19.3. The second-order valence-electron chi connectivity index (χ2n) is 7.48. The summed E-state index contributed by atoms with van der Waals surface area (Å²) in [5.41, 5.74) is 3.16. The van der Waals surface area contributed by atoms with Gasteiger partial charge in [0.05, 0.1) is 0 Å². The average Bonchev–Trinajstić information content (AvgIpc) is 2.97. The highest BCUT2D eigenvalue weighted by atomic mass is 16.5. The predicted molar refractivity (Wildman–Crippen MR) is 112 cm³/mol. The van der Waals surface area contributed by atoms with E-state index in [0.717, 1.165) is 30.1 Å². The minimum Gasteiger partial charge on any atom is -0.483 e. The number of carbonyl (C=O) groups is 1. The summed E-state index contributed by atoms with van der Waals surface area (Å²) in [6.07, 6.45) is 5.16. The van der Waals surface area contributed by atoms with Crippen molar-refractivity contribution in [1.29, 1.82) is 0 Å². The maximum atomic E-state index is 12.3. The van der Waals surface area contributed by atoms with Gasteiger partial charge in [0.2, 0.25) is 0 Å². The van der Waals surface area contributed by atoms with E-state index in [2.05, 4.69) is 36.2 Å². The lowest BCUT2D eigenvalue weighted by molar-refractivity contribution is -0.118. The van der Waals surface area contributed by atoms with Gasteiger partial charge in [0.25, 0.3) is 5.91 Å². The first-order valence-electron chi connectivity index (χ1n) is 10.00. The Hall–Kier alpha value is -2.49. The van der Waals surface area contributed by atoms with Gasteiger partial charge in [-0.1, -0.05) is 44.9 Å². The molecule has 0 unspecified atom stereocenters. The standard InChI is InChI=1S/C23H30N2O2/c1-18(2)21-9-5-6-10-22(21)27-17-23(26)24-19-11-13-20(14-12-19)25-15-7-3-4-8-16-25/h5-6,9-14,18H,3-4,7-8,15-17H2,1-2H3,(H,24,26). The van der Waals surface area contributed by atoms with Crippen LogP contribution in [-0.2, 0) is 4.79 Å². The number of nitrogens with one attached hydrogen (secondary N) is 1. The maximum absolute atomic E-state index is 12.3. The zero-order valence-electron chi connectivity index (χ0n) is 16.4. The molecule has 1 aliphatic rings. The molecule has 0 saturated carbocycles. The molecule has 1 amide bonds. The summed E-state index contributed by atoms with van der Waals surface area (Å²) in [7, 11) is 0. The van der Waals surface area contributed by atoms with Crippen LogP contribution in [0.4, 0.5) is 11.4 Å². The summed E-state index contributed by atoms with van der Waals surface area (Å²) in [4.78, 5) is 14.7. The molecule has 1 heterocycles. The molecular formula is C23H30N2O2. The number of anilines is 2. The number of hydrogen-bond acceptors (Lipinski definition) is 3. The average molecular weight is 367 g/mol. The van der Waals surface area contributed by atoms with E-state index in [0.29, 0.717) is 5.92 Å². The fraction of sp³-hybridized carbons (Fsp3) is 0.435. The van der Waals surface area contributed by atoms with Crippen LogP contribution in [0.5, 0.6) is 5.75 Å². The SMILES string of the molecule is CC(C)c1ccccc1OCC(=O)Nc1ccc(N2CCCCCC2)cc1. The Morgan fingerprint density at radius 3 is 2.33 bits per heavy atom. The quantitative estimate of drug-likeness (QED) is 0.763. The van der Waals surface area contributed by atoms with Crippen molar-refractivity contribution in [1.82, 2.24) is 0 Å². The second kappa shape index (κ2) is 9.45. The highest BCUT2D eigenvalue weighted by Gasteiger charge is 2.11. The molecule has 4 heteroatoms. The van der Waals surface area contributed by atoms with Crippen LogP contribution in [0.3, 0.4) is 0 Å². The lowest BCUT2D eigenvalue weighted by atomic mass is 10.0. The predicted octanol–water partition coefficient (Wildman–Crippen LogP) is 5.21. The van der Waals surface area contributed by atoms with Crippen molar-refractivity contribution in [2.75, 3.05) is 29.9 Å². The molecule has 1 aliphatic heterocycles. The van der Waals surface area contributed by atoms with Gasteiger partial charge in [0.15, 0.2) is 6.61 Å². The molecule has 2 aromatic rings. The number of carbonyl (C=O) groups excluding carboxylic acids is 1. The van der Waals surface area contributed by atoms with E-state index in [1.54, 1.807) is 0 Å². The Morgan fingerprint density at radius 1 is 1.00 bits per heavy atom. The molecule has 2 aromatic carbocycles. The number of para-hydroxylation sites is 1. The van der Waals surface area contributed by atoms with E-state index in [1.807, 2.05) is 36.4 Å². The molecule has 0 aliphatic carbocycles. The molecule has 4 nitrogen and oxygen atoms in total. The molecule has 144 valence electrons. The monoisotopic (exact) mass is 366 g/mol. The first-order valence-corrected chi connectivity index (χ1v) is 10.00. The number of nitrogens with zero attached hydrogens (tertiary/aromatic N) is 1. The third-order valence-corrected chi connectivity index (χ3v) is 5.02. The van der Waals surface area contributed by atoms with Crippen LogP contribution >= 0.6 is 0 Å². The van der Waals surface area contributed by atoms with Gasteiger partial charge in [-0.25, -0.2) is 0 Å². The van der Waals surface area contributed by atoms with Crippen LogP contribution in [0, 0.1) is 0 Å². The summed E-state index contributed by atoms with van der Waals surface area (Å²) < 4.78 is 5.74. The summed E-state index contributed by atoms with van der Waals surface area (Å²) in [5.74, 6) is 0.992. The van der Waals surface area contributed by atoms with Crippen molar-refractivity contribution in [3.05, 3.63) is 54.1 Å². The highest BCUT2D eigenvalue weighted by Crippen LogP contribution is 2.26. The summed E-state index contributed by atoms with van der Waals surface area (Å²) in [6, 6.07) is 16.0. The number of hydrogen-bond donors (Lipinski definition) is 1. The van der Waals surface area contributed by atoms with E-state index in [-0.39, 0.29) is 12.5 Å². The lowest BCUT2D eigenvalue weighted by Gasteiger charge is -2.22. The first-order chi connectivity index (χ1) is 13.1. The molecule has 0 atom stereocenters. The van der Waals surface area contributed by atoms with Crippen LogP contribution in [0.25, 0.3) is 0 Å². The van der Waals surface area contributed by atoms with Crippen molar-refractivity contribution < 1.29 is 9.53 Å². The largest absolute Gasteiger partial charge is 0.483 e. The molecule has 0 bridgehead atoms. The van der Waals surface area contributed by atoms with Gasteiger partial charge < -0.3 is 15.0 Å². The molecule has 1 fully saturated rings. The van der Waals surface area contributed by atoms with Gasteiger partial charge in [-0.15, -0.1) is 0 Å². The Kier molecular flexibility index (Phi) is 6.74. The number of amides is 1. The maximum Gasteiger partial charge on any atom is 0.262 e. The van der Waals surface area contributed by atoms with Crippen molar-refractivity contribution in [3.8, 4) is 5.75 Å². The Bertz CT molecular complexity index is 732. The molecule has 1 saturated heterocycles. The minimum atomic E-state index is -0.143. The Balaban J connectivity index is 1.53. The van der Waals surface area contributed by atoms with E-state index in [4.69, 9.17) is 4.74 Å². The number of ether oxygens (including phenoxy) is 1. The smallest absolute Gasteiger partial charge is 0.262 e. The second-order valence-corrected chi connectivity index (χ2v) is 7.48. The van der Waals surface area contributed by atoms with Gasteiger partial charge in [-0.2, -0.15) is 0 Å². The number of benzene rings is 2. The molecule has 3 rings (SSSR count). The van der Waals surface area contributed by atoms with Gasteiger partial charge >= 0.3 is 0 Å². The molecule has 0 aromatic heterocycles. The summed E-state index contributed by atoms with van der Waals surface area (Å²) >= 11 is 0. The van der Waals surface area contributed by atoms with Crippen LogP contribution < -0.4 is 15.0 Å². The van der Waals surface area contributed by atoms with E-state index in [9.17, 15) is 4.79 Å². The zero-order valence-corrected chi connectivity index (χ0v) is 16.4. The van der Waals surface area contributed by atoms with Crippen molar-refractivity contribution >= 4 is 17.3 Å². The van der Waals surface area contributed by atoms with Gasteiger partial charge in [0, 0.05) is 24.5 Å². The molecule has 1 N–H and O–H groups in total. The fourth-order valence-corrected chi connectivity index (χ4v) is 3.51. The lowest BCUT2D eigenvalue weighted by Crippen LogP contribution is -2.24. The number of rotatable bonds is 6. The molecular weight excluding hydrogens is 336 g/mol. The van der Waals surface area contributed by atoms with Crippen LogP contribution in [0.15, 0.2) is 48.5 Å². The van der Waals surface area contributed by atoms with Gasteiger partial charge in [0.1, 0.15) is 5.75 Å². The van der Waals surface area contributed by atoms with Gasteiger partial charge in [-0.05, 0) is 54.7 Å². The van der Waals surface area contributed by atoms with E-state index >= 15 is 0 Å². The van der Waals surface area contributed by atoms with Crippen molar-refractivity contribution in [2.24, 2.45) is 0 Å². The topological polar surface area (TPSA) is 41.6 Å². The van der Waals surface area contributed by atoms with E-state index < -0.39 is 0 Å². The van der Waals surface area contributed by atoms with Crippen molar-refractivity contribution in [2.45, 2.75) is 45.4 Å². The molecule has 0 radical (unpaired) electrons. The van der Waals surface area contributed by atoms with Crippen LogP contribution in [0.2, 0.25) is 0 Å². The third kappa shape index (κ3) is 5.49. The Morgan fingerprint density at radius 2 is 1.67 bits per heavy atom. The normalized spacial score (nSPS) is 14.7. The summed E-state index contributed by atoms with van der Waals surface area (Å²) in [5, 5.41) is 2.92. The van der Waals surface area contributed by atoms with Crippen LogP contribution in [0.1, 0.15) is 51.0 Å². The third-order valence-electron chi connectivity index (χ3n) is 5.02. The molecule has 27 heavy (non-hydrogen) atoms. The summed E-state index contributed by atoms with van der Waals surface area (Å²) in [6.45, 7) is 6.49. The highest BCUT2D eigenvalue weighted by molar-refractivity contribution is 5.92. The fourth-order valence-electron chi connectivity index (χ4n) is 3.51. The van der Waals surface area contributed by atoms with Crippen molar-refractivity contribution in [3.63, 3.8) is 0 Å². The zero-order chi connectivity index (χ0) is 19.1. The van der Waals surface area contributed by atoms with Gasteiger partial charge in [-0.3, -0.25) is 4.79 Å². The Labute approximate surface area is 162 Å². The molecule has 0 spiro atoms.